The van der Waals surface area contributed by atoms with Crippen LogP contribution in [0.25, 0.3) is 0 Å². The van der Waals surface area contributed by atoms with Crippen molar-refractivity contribution in [3.05, 3.63) is 65.7 Å². The summed E-state index contributed by atoms with van der Waals surface area (Å²) in [6.07, 6.45) is 2.61. The van der Waals surface area contributed by atoms with Gasteiger partial charge in [-0.3, -0.25) is 0 Å². The van der Waals surface area contributed by atoms with E-state index in [1.165, 1.54) is 11.3 Å². The summed E-state index contributed by atoms with van der Waals surface area (Å²) in [6, 6.07) is 18.9. The molecule has 0 aromatic heterocycles. The molecular weight excluding hydrogens is 258 g/mol. The van der Waals surface area contributed by atoms with E-state index in [1.807, 2.05) is 6.07 Å². The predicted octanol–water partition coefficient (Wildman–Crippen LogP) is 3.74. The van der Waals surface area contributed by atoms with Gasteiger partial charge in [0.25, 0.3) is 0 Å². The minimum absolute atomic E-state index is 0.669. The van der Waals surface area contributed by atoms with Crippen molar-refractivity contribution >= 4 is 5.69 Å². The van der Waals surface area contributed by atoms with Gasteiger partial charge >= 0.3 is 0 Å². The average molecular weight is 281 g/mol. The molecule has 2 heteroatoms. The zero-order chi connectivity index (χ0) is 14.7. The van der Waals surface area contributed by atoms with Crippen molar-refractivity contribution in [3.8, 4) is 0 Å². The zero-order valence-corrected chi connectivity index (χ0v) is 12.6. The Morgan fingerprint density at radius 3 is 2.14 bits per heavy atom. The number of piperidine rings is 1. The van der Waals surface area contributed by atoms with Crippen LogP contribution in [-0.4, -0.2) is 18.2 Å². The van der Waals surface area contributed by atoms with Gasteiger partial charge in [-0.1, -0.05) is 49.4 Å². The first-order chi connectivity index (χ1) is 10.2. The van der Waals surface area contributed by atoms with Gasteiger partial charge in [0.15, 0.2) is 0 Å². The third kappa shape index (κ3) is 2.96. The monoisotopic (exact) mass is 281 g/mol. The molecule has 2 aromatic rings. The minimum Gasteiger partial charge on any atom is -0.385 e. The highest BCUT2D eigenvalue weighted by atomic mass is 16.3. The second kappa shape index (κ2) is 5.90. The van der Waals surface area contributed by atoms with Gasteiger partial charge in [0, 0.05) is 18.8 Å². The Morgan fingerprint density at radius 1 is 0.952 bits per heavy atom. The minimum atomic E-state index is -0.669. The molecule has 110 valence electrons. The summed E-state index contributed by atoms with van der Waals surface area (Å²) in [6.45, 7) is 3.95. The molecule has 0 radical (unpaired) electrons. The first-order valence-corrected chi connectivity index (χ1v) is 7.83. The Labute approximate surface area is 127 Å². The van der Waals surface area contributed by atoms with Crippen molar-refractivity contribution < 1.29 is 5.11 Å². The van der Waals surface area contributed by atoms with Crippen molar-refractivity contribution in [2.45, 2.75) is 31.8 Å². The maximum Gasteiger partial charge on any atom is 0.0930 e. The molecule has 0 aliphatic carbocycles. The lowest BCUT2D eigenvalue weighted by atomic mass is 9.84. The Hall–Kier alpha value is -1.80. The average Bonchev–Trinajstić information content (AvgIpc) is 2.56. The van der Waals surface area contributed by atoms with Gasteiger partial charge in [0.05, 0.1) is 5.60 Å². The quantitative estimate of drug-likeness (QED) is 0.926. The molecule has 1 aliphatic rings. The Morgan fingerprint density at radius 2 is 1.57 bits per heavy atom. The Kier molecular flexibility index (Phi) is 3.98. The van der Waals surface area contributed by atoms with E-state index >= 15 is 0 Å². The van der Waals surface area contributed by atoms with Gasteiger partial charge in [-0.05, 0) is 42.5 Å². The van der Waals surface area contributed by atoms with Crippen molar-refractivity contribution in [1.29, 1.82) is 0 Å². The van der Waals surface area contributed by atoms with E-state index in [-0.39, 0.29) is 0 Å². The van der Waals surface area contributed by atoms with Gasteiger partial charge in [0.2, 0.25) is 0 Å². The molecule has 1 N–H and O–H groups in total. The summed E-state index contributed by atoms with van der Waals surface area (Å²) in [4.78, 5) is 2.36. The van der Waals surface area contributed by atoms with Crippen LogP contribution in [0.2, 0.25) is 0 Å². The Bertz CT molecular complexity index is 568. The number of hydrogen-bond donors (Lipinski definition) is 1. The number of para-hydroxylation sites is 1. The van der Waals surface area contributed by atoms with E-state index in [2.05, 4.69) is 60.4 Å². The van der Waals surface area contributed by atoms with Crippen LogP contribution < -0.4 is 4.90 Å². The molecule has 1 saturated heterocycles. The number of benzene rings is 2. The van der Waals surface area contributed by atoms with E-state index in [0.29, 0.717) is 0 Å². The topological polar surface area (TPSA) is 23.5 Å². The fourth-order valence-electron chi connectivity index (χ4n) is 3.11. The highest BCUT2D eigenvalue weighted by Gasteiger charge is 2.33. The van der Waals surface area contributed by atoms with Gasteiger partial charge in [-0.2, -0.15) is 0 Å². The molecule has 0 bridgehead atoms. The molecule has 3 rings (SSSR count). The van der Waals surface area contributed by atoms with Crippen LogP contribution in [0.3, 0.4) is 0 Å². The molecule has 2 nitrogen and oxygen atoms in total. The number of rotatable bonds is 3. The SMILES string of the molecule is CCc1ccc(C2(O)CCN(c3ccccc3)CC2)cc1. The first-order valence-electron chi connectivity index (χ1n) is 7.83. The lowest BCUT2D eigenvalue weighted by molar-refractivity contribution is 0.0118. The third-order valence-electron chi connectivity index (χ3n) is 4.61. The number of nitrogens with zero attached hydrogens (tertiary/aromatic N) is 1. The van der Waals surface area contributed by atoms with E-state index in [0.717, 1.165) is 37.9 Å². The summed E-state index contributed by atoms with van der Waals surface area (Å²) in [5.74, 6) is 0. The largest absolute Gasteiger partial charge is 0.385 e. The van der Waals surface area contributed by atoms with E-state index in [4.69, 9.17) is 0 Å². The van der Waals surface area contributed by atoms with Gasteiger partial charge in [0.1, 0.15) is 0 Å². The van der Waals surface area contributed by atoms with Gasteiger partial charge < -0.3 is 10.0 Å². The van der Waals surface area contributed by atoms with Crippen LogP contribution in [0, 0.1) is 0 Å². The van der Waals surface area contributed by atoms with E-state index < -0.39 is 5.60 Å². The Balaban J connectivity index is 1.71. The predicted molar refractivity (Wildman–Crippen MR) is 87.6 cm³/mol. The molecule has 0 amide bonds. The van der Waals surface area contributed by atoms with Gasteiger partial charge in [-0.25, -0.2) is 0 Å². The number of aryl methyl sites for hydroxylation is 1. The van der Waals surface area contributed by atoms with Crippen molar-refractivity contribution in [1.82, 2.24) is 0 Å². The summed E-state index contributed by atoms with van der Waals surface area (Å²) >= 11 is 0. The smallest absolute Gasteiger partial charge is 0.0930 e. The van der Waals surface area contributed by atoms with E-state index in [9.17, 15) is 5.11 Å². The molecule has 0 atom stereocenters. The second-order valence-corrected chi connectivity index (χ2v) is 5.90. The summed E-state index contributed by atoms with van der Waals surface area (Å²) in [5, 5.41) is 10.9. The van der Waals surface area contributed by atoms with Crippen LogP contribution in [0.5, 0.6) is 0 Å². The standard InChI is InChI=1S/C19H23NO/c1-2-16-8-10-17(11-9-16)19(21)12-14-20(15-13-19)18-6-4-3-5-7-18/h3-11,21H,2,12-15H2,1H3. The van der Waals surface area contributed by atoms with Crippen molar-refractivity contribution in [2.75, 3.05) is 18.0 Å². The normalized spacial score (nSPS) is 17.7. The summed E-state index contributed by atoms with van der Waals surface area (Å²) in [5.41, 5.74) is 2.97. The van der Waals surface area contributed by atoms with Crippen LogP contribution in [-0.2, 0) is 12.0 Å². The fourth-order valence-corrected chi connectivity index (χ4v) is 3.11. The lowest BCUT2D eigenvalue weighted by Crippen LogP contribution is -2.42. The molecule has 21 heavy (non-hydrogen) atoms. The van der Waals surface area contributed by atoms with Crippen LogP contribution in [0.4, 0.5) is 5.69 Å². The fraction of sp³-hybridized carbons (Fsp3) is 0.368. The number of aliphatic hydroxyl groups is 1. The zero-order valence-electron chi connectivity index (χ0n) is 12.6. The molecule has 1 fully saturated rings. The molecule has 1 aliphatic heterocycles. The molecule has 0 saturated carbocycles. The molecule has 0 unspecified atom stereocenters. The maximum atomic E-state index is 10.9. The molecule has 1 heterocycles. The van der Waals surface area contributed by atoms with Crippen LogP contribution in [0.15, 0.2) is 54.6 Å². The molecular formula is C19H23NO. The first kappa shape index (κ1) is 14.2. The summed E-state index contributed by atoms with van der Waals surface area (Å²) in [7, 11) is 0. The molecule has 0 spiro atoms. The maximum absolute atomic E-state index is 10.9. The van der Waals surface area contributed by atoms with Crippen LogP contribution >= 0.6 is 0 Å². The number of hydrogen-bond acceptors (Lipinski definition) is 2. The van der Waals surface area contributed by atoms with Crippen LogP contribution in [0.1, 0.15) is 30.9 Å². The van der Waals surface area contributed by atoms with Crippen molar-refractivity contribution in [3.63, 3.8) is 0 Å². The highest BCUT2D eigenvalue weighted by molar-refractivity contribution is 5.46. The highest BCUT2D eigenvalue weighted by Crippen LogP contribution is 2.34. The lowest BCUT2D eigenvalue weighted by Gasteiger charge is -2.39. The molecule has 2 aromatic carbocycles. The number of anilines is 1. The van der Waals surface area contributed by atoms with E-state index in [1.54, 1.807) is 0 Å². The second-order valence-electron chi connectivity index (χ2n) is 5.90. The summed E-state index contributed by atoms with van der Waals surface area (Å²) < 4.78 is 0. The third-order valence-corrected chi connectivity index (χ3v) is 4.61. The van der Waals surface area contributed by atoms with Crippen molar-refractivity contribution in [2.24, 2.45) is 0 Å². The van der Waals surface area contributed by atoms with Gasteiger partial charge in [-0.15, -0.1) is 0 Å².